The molecule has 0 aliphatic heterocycles. The first-order chi connectivity index (χ1) is 17.8. The van der Waals surface area contributed by atoms with Crippen LogP contribution in [-0.2, 0) is 26.2 Å². The molecular weight excluding hydrogens is 516 g/mol. The minimum Gasteiger partial charge on any atom is -0.497 e. The molecule has 0 radical (unpaired) electrons. The van der Waals surface area contributed by atoms with Crippen LogP contribution in [0.1, 0.15) is 32.8 Å². The van der Waals surface area contributed by atoms with Gasteiger partial charge in [-0.05, 0) is 44.0 Å². The van der Waals surface area contributed by atoms with Gasteiger partial charge < -0.3 is 19.7 Å². The lowest BCUT2D eigenvalue weighted by Crippen LogP contribution is -2.53. The third-order valence-corrected chi connectivity index (χ3v) is 6.78. The van der Waals surface area contributed by atoms with Crippen molar-refractivity contribution in [3.63, 3.8) is 0 Å². The summed E-state index contributed by atoms with van der Waals surface area (Å²) in [4.78, 5) is 38.8. The van der Waals surface area contributed by atoms with Gasteiger partial charge in [-0.15, -0.1) is 0 Å². The molecule has 1 atom stereocenters. The van der Waals surface area contributed by atoms with Crippen LogP contribution < -0.4 is 19.1 Å². The highest BCUT2D eigenvalue weighted by atomic mass is 32.2. The van der Waals surface area contributed by atoms with Gasteiger partial charge in [0.25, 0.3) is 5.69 Å². The molecule has 0 heterocycles. The number of ether oxygens (including phenoxy) is 2. The van der Waals surface area contributed by atoms with Gasteiger partial charge in [-0.1, -0.05) is 19.1 Å². The van der Waals surface area contributed by atoms with Gasteiger partial charge in [0.2, 0.25) is 21.8 Å². The van der Waals surface area contributed by atoms with Gasteiger partial charge in [0.15, 0.2) is 0 Å². The van der Waals surface area contributed by atoms with E-state index in [0.717, 1.165) is 16.6 Å². The van der Waals surface area contributed by atoms with Crippen LogP contribution in [0.5, 0.6) is 11.5 Å². The largest absolute Gasteiger partial charge is 0.497 e. The van der Waals surface area contributed by atoms with Crippen LogP contribution in [0.3, 0.4) is 0 Å². The van der Waals surface area contributed by atoms with Crippen LogP contribution in [0.15, 0.2) is 42.5 Å². The molecular formula is C25H34N4O8S. The van der Waals surface area contributed by atoms with E-state index in [-0.39, 0.29) is 42.0 Å². The zero-order chi connectivity index (χ0) is 28.6. The second-order valence-corrected chi connectivity index (χ2v) is 10.7. The van der Waals surface area contributed by atoms with E-state index < -0.39 is 33.4 Å². The predicted octanol–water partition coefficient (Wildman–Crippen LogP) is 2.71. The minimum atomic E-state index is -4.11. The highest BCUT2D eigenvalue weighted by Gasteiger charge is 2.33. The summed E-state index contributed by atoms with van der Waals surface area (Å²) in [6.07, 6.45) is 1.15. The van der Waals surface area contributed by atoms with E-state index in [1.807, 2.05) is 0 Å². The van der Waals surface area contributed by atoms with Crippen LogP contribution in [-0.4, -0.2) is 69.2 Å². The van der Waals surface area contributed by atoms with Gasteiger partial charge in [-0.3, -0.25) is 24.0 Å². The Hall–Kier alpha value is -3.87. The van der Waals surface area contributed by atoms with E-state index in [2.05, 4.69) is 5.32 Å². The second-order valence-electron chi connectivity index (χ2n) is 8.84. The summed E-state index contributed by atoms with van der Waals surface area (Å²) in [7, 11) is -1.30. The van der Waals surface area contributed by atoms with Crippen molar-refractivity contribution in [1.29, 1.82) is 0 Å². The lowest BCUT2D eigenvalue weighted by atomic mass is 10.1. The third-order valence-electron chi connectivity index (χ3n) is 5.65. The first-order valence-corrected chi connectivity index (χ1v) is 13.7. The molecule has 2 rings (SSSR count). The zero-order valence-electron chi connectivity index (χ0n) is 22.3. The van der Waals surface area contributed by atoms with Crippen LogP contribution >= 0.6 is 0 Å². The van der Waals surface area contributed by atoms with Gasteiger partial charge in [-0.25, -0.2) is 8.42 Å². The molecule has 0 saturated carbocycles. The first-order valence-electron chi connectivity index (χ1n) is 11.8. The molecule has 2 amide bonds. The lowest BCUT2D eigenvalue weighted by Gasteiger charge is -2.33. The molecule has 208 valence electrons. The molecule has 0 spiro atoms. The Kier molecular flexibility index (Phi) is 10.5. The van der Waals surface area contributed by atoms with Crippen molar-refractivity contribution < 1.29 is 32.4 Å². The number of sulfonamides is 1. The van der Waals surface area contributed by atoms with Crippen molar-refractivity contribution in [2.24, 2.45) is 0 Å². The number of methoxy groups -OCH3 is 2. The minimum absolute atomic E-state index is 0.0104. The fourth-order valence-electron chi connectivity index (χ4n) is 3.81. The summed E-state index contributed by atoms with van der Waals surface area (Å²) >= 11 is 0. The number of nitrogens with one attached hydrogen (secondary N) is 1. The topological polar surface area (TPSA) is 148 Å². The van der Waals surface area contributed by atoms with Crippen LogP contribution in [0.25, 0.3) is 0 Å². The molecule has 0 aliphatic rings. The molecule has 2 aromatic carbocycles. The Bertz CT molecular complexity index is 1250. The molecule has 0 aliphatic carbocycles. The monoisotopic (exact) mass is 550 g/mol. The number of non-ortho nitro benzene ring substituents is 1. The second kappa shape index (κ2) is 13.1. The lowest BCUT2D eigenvalue weighted by molar-refractivity contribution is -0.384. The Labute approximate surface area is 222 Å². The van der Waals surface area contributed by atoms with Gasteiger partial charge in [-0.2, -0.15) is 0 Å². The Morgan fingerprint density at radius 2 is 1.71 bits per heavy atom. The fourth-order valence-corrected chi connectivity index (χ4v) is 4.65. The average molecular weight is 551 g/mol. The van der Waals surface area contributed by atoms with E-state index >= 15 is 0 Å². The summed E-state index contributed by atoms with van der Waals surface area (Å²) in [6.45, 7) is 4.63. The molecule has 1 N–H and O–H groups in total. The molecule has 38 heavy (non-hydrogen) atoms. The normalized spacial score (nSPS) is 12.0. The van der Waals surface area contributed by atoms with Crippen LogP contribution in [0.4, 0.5) is 11.4 Å². The van der Waals surface area contributed by atoms with E-state index in [9.17, 15) is 28.1 Å². The number of anilines is 1. The summed E-state index contributed by atoms with van der Waals surface area (Å²) < 4.78 is 36.8. The van der Waals surface area contributed by atoms with Gasteiger partial charge in [0.05, 0.1) is 25.4 Å². The summed E-state index contributed by atoms with van der Waals surface area (Å²) in [5.74, 6) is -0.425. The number of nitro benzene ring substituents is 1. The molecule has 0 bridgehead atoms. The van der Waals surface area contributed by atoms with Gasteiger partial charge in [0.1, 0.15) is 29.8 Å². The van der Waals surface area contributed by atoms with Crippen molar-refractivity contribution in [3.05, 3.63) is 58.1 Å². The number of nitro groups is 1. The van der Waals surface area contributed by atoms with Crippen molar-refractivity contribution >= 4 is 33.2 Å². The van der Waals surface area contributed by atoms with E-state index in [1.165, 1.54) is 31.3 Å². The number of nitrogens with zero attached hydrogens (tertiary/aromatic N) is 3. The first kappa shape index (κ1) is 30.4. The van der Waals surface area contributed by atoms with Crippen molar-refractivity contribution in [3.8, 4) is 11.5 Å². The SMILES string of the molecule is CC[C@H](C(=O)NC(C)C)N(Cc1ccc(OC)cc1)C(=O)CN(c1cc([N+](=O)[O-])ccc1OC)S(C)(=O)=O. The summed E-state index contributed by atoms with van der Waals surface area (Å²) in [5, 5.41) is 14.2. The Morgan fingerprint density at radius 1 is 1.08 bits per heavy atom. The highest BCUT2D eigenvalue weighted by molar-refractivity contribution is 7.92. The quantitative estimate of drug-likeness (QED) is 0.296. The third kappa shape index (κ3) is 7.81. The van der Waals surface area contributed by atoms with E-state index in [4.69, 9.17) is 9.47 Å². The van der Waals surface area contributed by atoms with Gasteiger partial charge >= 0.3 is 0 Å². The Balaban J connectivity index is 2.55. The molecule has 12 nitrogen and oxygen atoms in total. The maximum Gasteiger partial charge on any atom is 0.271 e. The summed E-state index contributed by atoms with van der Waals surface area (Å²) in [5.41, 5.74) is 0.148. The van der Waals surface area contributed by atoms with Gasteiger partial charge in [0, 0.05) is 24.7 Å². The summed E-state index contributed by atoms with van der Waals surface area (Å²) in [6, 6.07) is 9.28. The van der Waals surface area contributed by atoms with Crippen molar-refractivity contribution in [2.75, 3.05) is 31.3 Å². The van der Waals surface area contributed by atoms with Crippen LogP contribution in [0, 0.1) is 10.1 Å². The number of rotatable bonds is 13. The number of hydrogen-bond acceptors (Lipinski definition) is 8. The van der Waals surface area contributed by atoms with Crippen molar-refractivity contribution in [1.82, 2.24) is 10.2 Å². The number of benzene rings is 2. The number of carbonyl (C=O) groups is 2. The predicted molar refractivity (Wildman–Crippen MR) is 143 cm³/mol. The fraction of sp³-hybridized carbons (Fsp3) is 0.440. The average Bonchev–Trinajstić information content (AvgIpc) is 2.85. The van der Waals surface area contributed by atoms with E-state index in [1.54, 1.807) is 45.0 Å². The Morgan fingerprint density at radius 3 is 2.18 bits per heavy atom. The number of carbonyl (C=O) groups excluding carboxylic acids is 2. The molecule has 0 unspecified atom stereocenters. The standard InChI is InChI=1S/C25H34N4O8S/c1-7-21(25(31)26-17(2)3)27(15-18-8-11-20(36-4)12-9-18)24(30)16-28(38(6,34)35)22-14-19(29(32)33)10-13-23(22)37-5/h8-14,17,21H,7,15-16H2,1-6H3,(H,26,31)/t21-/m1/s1. The highest BCUT2D eigenvalue weighted by Crippen LogP contribution is 2.34. The number of amides is 2. The molecule has 2 aromatic rings. The number of hydrogen-bond donors (Lipinski definition) is 1. The van der Waals surface area contributed by atoms with E-state index in [0.29, 0.717) is 11.3 Å². The smallest absolute Gasteiger partial charge is 0.271 e. The zero-order valence-corrected chi connectivity index (χ0v) is 23.1. The molecule has 0 saturated heterocycles. The van der Waals surface area contributed by atoms with Crippen LogP contribution in [0.2, 0.25) is 0 Å². The molecule has 13 heteroatoms. The molecule has 0 aromatic heterocycles. The maximum atomic E-state index is 13.8. The maximum absolute atomic E-state index is 13.8. The van der Waals surface area contributed by atoms with Crippen molar-refractivity contribution in [2.45, 2.75) is 45.8 Å². The molecule has 0 fully saturated rings.